The molecule has 0 unspecified atom stereocenters. The van der Waals surface area contributed by atoms with Gasteiger partial charge in [-0.05, 0) is 24.6 Å². The van der Waals surface area contributed by atoms with E-state index in [1.54, 1.807) is 24.3 Å². The van der Waals surface area contributed by atoms with Gasteiger partial charge in [-0.15, -0.1) is 0 Å². The van der Waals surface area contributed by atoms with Crippen molar-refractivity contribution in [2.24, 2.45) is 0 Å². The van der Waals surface area contributed by atoms with Crippen LogP contribution in [0.3, 0.4) is 0 Å². The van der Waals surface area contributed by atoms with Gasteiger partial charge in [0.1, 0.15) is 6.54 Å². The van der Waals surface area contributed by atoms with Crippen molar-refractivity contribution in [3.8, 4) is 11.4 Å². The lowest BCUT2D eigenvalue weighted by Crippen LogP contribution is -2.40. The lowest BCUT2D eigenvalue weighted by molar-refractivity contribution is -0.121. The van der Waals surface area contributed by atoms with Crippen LogP contribution in [0.25, 0.3) is 11.4 Å². The zero-order chi connectivity index (χ0) is 19.7. The zero-order valence-corrected chi connectivity index (χ0v) is 15.0. The summed E-state index contributed by atoms with van der Waals surface area (Å²) in [6, 6.07) is 14.1. The second-order valence-corrected chi connectivity index (χ2v) is 6.35. The third-order valence-corrected chi connectivity index (χ3v) is 4.47. The van der Waals surface area contributed by atoms with Gasteiger partial charge >= 0.3 is 0 Å². The van der Waals surface area contributed by atoms with Crippen LogP contribution < -0.4 is 5.32 Å². The highest BCUT2D eigenvalue weighted by molar-refractivity contribution is 6.22. The maximum absolute atomic E-state index is 12.3. The first kappa shape index (κ1) is 17.6. The van der Waals surface area contributed by atoms with Crippen molar-refractivity contribution >= 4 is 17.7 Å². The van der Waals surface area contributed by atoms with Crippen molar-refractivity contribution in [3.63, 3.8) is 0 Å². The highest BCUT2D eigenvalue weighted by Crippen LogP contribution is 2.22. The van der Waals surface area contributed by atoms with E-state index in [-0.39, 0.29) is 19.0 Å². The van der Waals surface area contributed by atoms with Crippen LogP contribution in [0.1, 0.15) is 32.2 Å². The molecule has 8 nitrogen and oxygen atoms in total. The van der Waals surface area contributed by atoms with Crippen molar-refractivity contribution in [2.75, 3.05) is 6.54 Å². The Bertz CT molecular complexity index is 1050. The van der Waals surface area contributed by atoms with Gasteiger partial charge in [0.2, 0.25) is 17.6 Å². The number of nitrogens with zero attached hydrogens (tertiary/aromatic N) is 3. The summed E-state index contributed by atoms with van der Waals surface area (Å²) in [6.07, 6.45) is 0. The van der Waals surface area contributed by atoms with Crippen LogP contribution in [0, 0.1) is 6.92 Å². The predicted molar refractivity (Wildman–Crippen MR) is 98.1 cm³/mol. The lowest BCUT2D eigenvalue weighted by atomic mass is 10.1. The molecule has 0 bridgehead atoms. The fourth-order valence-electron chi connectivity index (χ4n) is 3.02. The molecule has 2 aromatic carbocycles. The lowest BCUT2D eigenvalue weighted by Gasteiger charge is -2.12. The number of hydrogen-bond donors (Lipinski definition) is 1. The number of aromatic nitrogens is 2. The van der Waals surface area contributed by atoms with Gasteiger partial charge in [-0.3, -0.25) is 19.3 Å². The molecule has 0 saturated heterocycles. The Labute approximate surface area is 160 Å². The van der Waals surface area contributed by atoms with Gasteiger partial charge < -0.3 is 9.84 Å². The highest BCUT2D eigenvalue weighted by atomic mass is 16.5. The maximum Gasteiger partial charge on any atom is 0.262 e. The minimum atomic E-state index is -0.495. The molecule has 1 aliphatic rings. The van der Waals surface area contributed by atoms with E-state index >= 15 is 0 Å². The molecule has 0 aliphatic carbocycles. The molecular formula is C20H16N4O4. The van der Waals surface area contributed by atoms with Gasteiger partial charge in [0.15, 0.2) is 0 Å². The summed E-state index contributed by atoms with van der Waals surface area (Å²) in [5.41, 5.74) is 2.46. The van der Waals surface area contributed by atoms with Crippen LogP contribution in [0.15, 0.2) is 53.1 Å². The van der Waals surface area contributed by atoms with Crippen molar-refractivity contribution in [1.29, 1.82) is 0 Å². The van der Waals surface area contributed by atoms with Gasteiger partial charge in [0.25, 0.3) is 11.8 Å². The van der Waals surface area contributed by atoms with Gasteiger partial charge in [-0.1, -0.05) is 41.6 Å². The molecule has 1 aromatic heterocycles. The van der Waals surface area contributed by atoms with Gasteiger partial charge in [-0.25, -0.2) is 0 Å². The third kappa shape index (κ3) is 3.16. The summed E-state index contributed by atoms with van der Waals surface area (Å²) in [5.74, 6) is -0.785. The highest BCUT2D eigenvalue weighted by Gasteiger charge is 2.36. The Morgan fingerprint density at radius 2 is 1.61 bits per heavy atom. The molecule has 1 aliphatic heterocycles. The Morgan fingerprint density at radius 3 is 2.25 bits per heavy atom. The molecule has 4 rings (SSSR count). The quantitative estimate of drug-likeness (QED) is 0.683. The summed E-state index contributed by atoms with van der Waals surface area (Å²) in [7, 11) is 0. The normalized spacial score (nSPS) is 13.0. The molecule has 0 fully saturated rings. The molecule has 1 N–H and O–H groups in total. The molecule has 0 atom stereocenters. The Hall–Kier alpha value is -3.81. The number of amides is 3. The number of carbonyl (C=O) groups is 3. The SMILES string of the molecule is Cc1ccccc1-c1noc(CNC(=O)CN2C(=O)c3ccccc3C2=O)n1. The first-order chi connectivity index (χ1) is 13.5. The molecule has 0 spiro atoms. The fraction of sp³-hybridized carbons (Fsp3) is 0.150. The molecule has 3 amide bonds. The molecule has 28 heavy (non-hydrogen) atoms. The van der Waals surface area contributed by atoms with E-state index in [1.165, 1.54) is 0 Å². The largest absolute Gasteiger partial charge is 0.345 e. The van der Waals surface area contributed by atoms with E-state index < -0.39 is 17.7 Å². The topological polar surface area (TPSA) is 105 Å². The Morgan fingerprint density at radius 1 is 1.00 bits per heavy atom. The molecule has 0 radical (unpaired) electrons. The van der Waals surface area contributed by atoms with Crippen molar-refractivity contribution in [3.05, 3.63) is 71.1 Å². The molecule has 0 saturated carbocycles. The number of hydrogen-bond acceptors (Lipinski definition) is 6. The Kier molecular flexibility index (Phi) is 4.44. The summed E-state index contributed by atoms with van der Waals surface area (Å²) in [5, 5.41) is 6.52. The van der Waals surface area contributed by atoms with E-state index in [0.717, 1.165) is 16.0 Å². The van der Waals surface area contributed by atoms with E-state index in [4.69, 9.17) is 4.52 Å². The van der Waals surface area contributed by atoms with Gasteiger partial charge in [0, 0.05) is 5.56 Å². The van der Waals surface area contributed by atoms with Crippen molar-refractivity contribution in [1.82, 2.24) is 20.4 Å². The van der Waals surface area contributed by atoms with E-state index in [0.29, 0.717) is 17.0 Å². The summed E-state index contributed by atoms with van der Waals surface area (Å²) < 4.78 is 5.16. The Balaban J connectivity index is 1.38. The van der Waals surface area contributed by atoms with E-state index in [2.05, 4.69) is 15.5 Å². The first-order valence-corrected chi connectivity index (χ1v) is 8.65. The first-order valence-electron chi connectivity index (χ1n) is 8.65. The summed E-state index contributed by atoms with van der Waals surface area (Å²) in [6.45, 7) is 1.57. The number of nitrogens with one attached hydrogen (secondary N) is 1. The summed E-state index contributed by atoms with van der Waals surface area (Å²) >= 11 is 0. The maximum atomic E-state index is 12.3. The monoisotopic (exact) mass is 376 g/mol. The number of benzene rings is 2. The average molecular weight is 376 g/mol. The number of fused-ring (bicyclic) bond motifs is 1. The number of carbonyl (C=O) groups excluding carboxylic acids is 3. The summed E-state index contributed by atoms with van der Waals surface area (Å²) in [4.78, 5) is 42.0. The minimum absolute atomic E-state index is 0.000877. The van der Waals surface area contributed by atoms with Crippen LogP contribution >= 0.6 is 0 Å². The number of aryl methyl sites for hydroxylation is 1. The zero-order valence-electron chi connectivity index (χ0n) is 15.0. The van der Waals surface area contributed by atoms with Crippen molar-refractivity contribution < 1.29 is 18.9 Å². The predicted octanol–water partition coefficient (Wildman–Crippen LogP) is 1.96. The number of imide groups is 1. The molecule has 3 aromatic rings. The second-order valence-electron chi connectivity index (χ2n) is 6.35. The van der Waals surface area contributed by atoms with Crippen LogP contribution in [-0.2, 0) is 11.3 Å². The van der Waals surface area contributed by atoms with Crippen LogP contribution in [0.5, 0.6) is 0 Å². The molecule has 2 heterocycles. The standard InChI is InChI=1S/C20H16N4O4/c1-12-6-2-3-7-13(12)18-22-17(28-23-18)10-21-16(25)11-24-19(26)14-8-4-5-9-15(14)20(24)27/h2-9H,10-11H2,1H3,(H,21,25). The van der Waals surface area contributed by atoms with Gasteiger partial charge in [-0.2, -0.15) is 4.98 Å². The second kappa shape index (κ2) is 7.07. The molecular weight excluding hydrogens is 360 g/mol. The fourth-order valence-corrected chi connectivity index (χ4v) is 3.02. The smallest absolute Gasteiger partial charge is 0.262 e. The van der Waals surface area contributed by atoms with E-state index in [1.807, 2.05) is 31.2 Å². The van der Waals surface area contributed by atoms with Crippen LogP contribution in [-0.4, -0.2) is 39.3 Å². The molecule has 140 valence electrons. The van der Waals surface area contributed by atoms with Crippen molar-refractivity contribution in [2.45, 2.75) is 13.5 Å². The number of rotatable bonds is 5. The van der Waals surface area contributed by atoms with Crippen LogP contribution in [0.4, 0.5) is 0 Å². The third-order valence-electron chi connectivity index (χ3n) is 4.47. The van der Waals surface area contributed by atoms with E-state index in [9.17, 15) is 14.4 Å². The minimum Gasteiger partial charge on any atom is -0.345 e. The van der Waals surface area contributed by atoms with Crippen LogP contribution in [0.2, 0.25) is 0 Å². The van der Waals surface area contributed by atoms with Gasteiger partial charge in [0.05, 0.1) is 17.7 Å². The molecule has 8 heteroatoms. The average Bonchev–Trinajstić information content (AvgIpc) is 3.26.